The van der Waals surface area contributed by atoms with Crippen LogP contribution in [0.25, 0.3) is 0 Å². The van der Waals surface area contributed by atoms with E-state index in [1.54, 1.807) is 13.8 Å². The minimum absolute atomic E-state index is 0.0278. The third kappa shape index (κ3) is 10.4. The maximum absolute atomic E-state index is 14.2. The van der Waals surface area contributed by atoms with Crippen molar-refractivity contribution in [2.75, 3.05) is 25.9 Å². The van der Waals surface area contributed by atoms with Crippen LogP contribution in [0.5, 0.6) is 0 Å². The summed E-state index contributed by atoms with van der Waals surface area (Å²) in [6.45, 7) is 10.4. The molecule has 48 heavy (non-hydrogen) atoms. The quantitative estimate of drug-likeness (QED) is 0.238. The second-order valence-corrected chi connectivity index (χ2v) is 18.2. The van der Waals surface area contributed by atoms with Gasteiger partial charge in [0, 0.05) is 24.9 Å². The van der Waals surface area contributed by atoms with E-state index in [0.29, 0.717) is 31.2 Å². The molecule has 2 amide bonds. The molecule has 9 nitrogen and oxygen atoms in total. The number of aliphatic hydroxyl groups excluding tert-OH is 1. The molecular formula is C38H58N4O5S. The van der Waals surface area contributed by atoms with Crippen LogP contribution in [0.4, 0.5) is 0 Å². The van der Waals surface area contributed by atoms with Crippen LogP contribution >= 0.6 is 0 Å². The Kier molecular flexibility index (Phi) is 12.9. The van der Waals surface area contributed by atoms with Crippen LogP contribution in [0.2, 0.25) is 0 Å². The average Bonchev–Trinajstić information content (AvgIpc) is 3.02. The first kappa shape index (κ1) is 38.0. The van der Waals surface area contributed by atoms with Crippen molar-refractivity contribution in [2.24, 2.45) is 11.8 Å². The van der Waals surface area contributed by atoms with Crippen molar-refractivity contribution in [2.45, 2.75) is 114 Å². The van der Waals surface area contributed by atoms with Crippen molar-refractivity contribution < 1.29 is 23.1 Å². The Balaban J connectivity index is 1.58. The first-order chi connectivity index (χ1) is 22.5. The van der Waals surface area contributed by atoms with E-state index in [0.717, 1.165) is 43.2 Å². The number of β-amino-alcohol motifs (C(OH)–C–C–N with tert-alkyl or cyclic N) is 1. The fourth-order valence-electron chi connectivity index (χ4n) is 7.29. The summed E-state index contributed by atoms with van der Waals surface area (Å²) < 4.78 is 24.6. The monoisotopic (exact) mass is 682 g/mol. The molecule has 6 unspecified atom stereocenters. The minimum Gasteiger partial charge on any atom is -0.390 e. The number of carbonyl (C=O) groups excluding carboxylic acids is 2. The Morgan fingerprint density at radius 1 is 0.917 bits per heavy atom. The molecule has 1 saturated heterocycles. The maximum atomic E-state index is 14.2. The molecular weight excluding hydrogens is 625 g/mol. The molecule has 2 aromatic carbocycles. The lowest BCUT2D eigenvalue weighted by atomic mass is 9.72. The van der Waals surface area contributed by atoms with Crippen molar-refractivity contribution in [3.05, 3.63) is 71.8 Å². The lowest BCUT2D eigenvalue weighted by Crippen LogP contribution is -2.63. The fourth-order valence-corrected chi connectivity index (χ4v) is 7.90. The minimum atomic E-state index is -3.66. The smallest absolute Gasteiger partial charge is 0.239 e. The first-order valence-electron chi connectivity index (χ1n) is 17.6. The van der Waals surface area contributed by atoms with Gasteiger partial charge in [0.15, 0.2) is 9.84 Å². The first-order valence-corrected chi connectivity index (χ1v) is 19.5. The van der Waals surface area contributed by atoms with Gasteiger partial charge in [-0.25, -0.2) is 8.42 Å². The van der Waals surface area contributed by atoms with Crippen molar-refractivity contribution in [3.8, 4) is 0 Å². The van der Waals surface area contributed by atoms with E-state index in [1.165, 1.54) is 12.8 Å². The second-order valence-electron chi connectivity index (χ2n) is 15.6. The van der Waals surface area contributed by atoms with Crippen LogP contribution in [0.3, 0.4) is 0 Å². The Labute approximate surface area is 288 Å². The molecule has 4 N–H and O–H groups in total. The predicted molar refractivity (Wildman–Crippen MR) is 192 cm³/mol. The molecule has 4 rings (SSSR count). The Morgan fingerprint density at radius 3 is 2.08 bits per heavy atom. The number of piperidine rings is 1. The van der Waals surface area contributed by atoms with Crippen molar-refractivity contribution >= 4 is 21.7 Å². The number of hydrogen-bond acceptors (Lipinski definition) is 7. The highest BCUT2D eigenvalue weighted by Gasteiger charge is 2.45. The fraction of sp³-hybridized carbons (Fsp3) is 0.632. The molecule has 2 fully saturated rings. The number of nitrogens with one attached hydrogen (secondary N) is 3. The van der Waals surface area contributed by atoms with Gasteiger partial charge in [0.25, 0.3) is 0 Å². The Hall–Kier alpha value is -2.79. The standard InChI is InChI=1S/C38H58N4O5S/c1-37(2,3)41-35(44)32-24-29-19-13-14-20-30(29)25-42(32)26-33(43)31(23-28-17-11-8-12-18-28)40-36(45)34(38(4,5)48(6,46)47)39-22-21-27-15-9-7-10-16-27/h7-12,15-18,29-34,39,43H,13-14,19-26H2,1-6H3,(H,40,45)(H,41,44). The lowest BCUT2D eigenvalue weighted by Gasteiger charge is -2.47. The van der Waals surface area contributed by atoms with E-state index >= 15 is 0 Å². The van der Waals surface area contributed by atoms with Gasteiger partial charge in [-0.05, 0) is 89.8 Å². The van der Waals surface area contributed by atoms with Crippen LogP contribution < -0.4 is 16.0 Å². The van der Waals surface area contributed by atoms with E-state index in [1.807, 2.05) is 81.4 Å². The van der Waals surface area contributed by atoms with Gasteiger partial charge in [-0.1, -0.05) is 79.9 Å². The zero-order valence-corrected chi connectivity index (χ0v) is 30.6. The van der Waals surface area contributed by atoms with Crippen molar-refractivity contribution in [3.63, 3.8) is 0 Å². The largest absolute Gasteiger partial charge is 0.390 e. The maximum Gasteiger partial charge on any atom is 0.239 e. The van der Waals surface area contributed by atoms with E-state index in [9.17, 15) is 23.1 Å². The summed E-state index contributed by atoms with van der Waals surface area (Å²) in [6.07, 6.45) is 6.48. The van der Waals surface area contributed by atoms with E-state index in [-0.39, 0.29) is 24.0 Å². The van der Waals surface area contributed by atoms with Gasteiger partial charge in [-0.2, -0.15) is 0 Å². The van der Waals surface area contributed by atoms with E-state index < -0.39 is 38.7 Å². The van der Waals surface area contributed by atoms with Gasteiger partial charge < -0.3 is 21.1 Å². The number of amides is 2. The molecule has 0 bridgehead atoms. The number of fused-ring (bicyclic) bond motifs is 1. The number of hydrogen-bond donors (Lipinski definition) is 4. The van der Waals surface area contributed by atoms with E-state index in [2.05, 4.69) is 20.9 Å². The number of sulfone groups is 1. The predicted octanol–water partition coefficient (Wildman–Crippen LogP) is 3.89. The summed E-state index contributed by atoms with van der Waals surface area (Å²) in [4.78, 5) is 29.9. The van der Waals surface area contributed by atoms with Gasteiger partial charge >= 0.3 is 0 Å². The normalized spacial score (nSPS) is 22.6. The van der Waals surface area contributed by atoms with Crippen LogP contribution in [0.1, 0.15) is 77.8 Å². The lowest BCUT2D eigenvalue weighted by molar-refractivity contribution is -0.133. The van der Waals surface area contributed by atoms with Gasteiger partial charge in [0.05, 0.1) is 22.9 Å². The average molecular weight is 683 g/mol. The van der Waals surface area contributed by atoms with Gasteiger partial charge in [0.1, 0.15) is 6.04 Å². The third-order valence-corrected chi connectivity index (χ3v) is 12.5. The summed E-state index contributed by atoms with van der Waals surface area (Å²) in [6, 6.07) is 17.3. The Bertz CT molecular complexity index is 1440. The topological polar surface area (TPSA) is 128 Å². The zero-order valence-electron chi connectivity index (χ0n) is 29.7. The summed E-state index contributed by atoms with van der Waals surface area (Å²) in [5, 5.41) is 21.4. The molecule has 1 aliphatic carbocycles. The third-order valence-electron chi connectivity index (χ3n) is 10.3. The number of aliphatic hydroxyl groups is 1. The molecule has 1 aliphatic heterocycles. The highest BCUT2D eigenvalue weighted by molar-refractivity contribution is 7.92. The van der Waals surface area contributed by atoms with Gasteiger partial charge in [-0.15, -0.1) is 0 Å². The summed E-state index contributed by atoms with van der Waals surface area (Å²) in [5.41, 5.74) is 1.63. The van der Waals surface area contributed by atoms with Crippen LogP contribution in [0.15, 0.2) is 60.7 Å². The van der Waals surface area contributed by atoms with Crippen LogP contribution in [-0.2, 0) is 32.3 Å². The number of carbonyl (C=O) groups is 2. The zero-order chi connectivity index (χ0) is 35.1. The van der Waals surface area contributed by atoms with Gasteiger partial charge in [0.2, 0.25) is 11.8 Å². The summed E-state index contributed by atoms with van der Waals surface area (Å²) in [7, 11) is -3.66. The van der Waals surface area contributed by atoms with Gasteiger partial charge in [-0.3, -0.25) is 14.5 Å². The molecule has 1 saturated carbocycles. The molecule has 266 valence electrons. The number of benzene rings is 2. The van der Waals surface area contributed by atoms with Crippen molar-refractivity contribution in [1.82, 2.24) is 20.9 Å². The summed E-state index contributed by atoms with van der Waals surface area (Å²) in [5.74, 6) is 0.454. The SMILES string of the molecule is CC(C)(C)NC(=O)C1CC2CCCCC2CN1CC(O)C(Cc1ccccc1)NC(=O)C(NCCc1ccccc1)C(C)(C)S(C)(=O)=O. The highest BCUT2D eigenvalue weighted by Crippen LogP contribution is 2.39. The molecule has 0 aromatic heterocycles. The number of rotatable bonds is 14. The molecule has 6 atom stereocenters. The second kappa shape index (κ2) is 16.3. The van der Waals surface area contributed by atoms with Crippen LogP contribution in [-0.4, -0.2) is 90.6 Å². The molecule has 0 radical (unpaired) electrons. The molecule has 10 heteroatoms. The molecule has 0 spiro atoms. The molecule has 2 aromatic rings. The summed E-state index contributed by atoms with van der Waals surface area (Å²) >= 11 is 0. The molecule has 2 aliphatic rings. The van der Waals surface area contributed by atoms with Crippen LogP contribution in [0, 0.1) is 11.8 Å². The Morgan fingerprint density at radius 2 is 1.50 bits per heavy atom. The highest BCUT2D eigenvalue weighted by atomic mass is 32.2. The van der Waals surface area contributed by atoms with Crippen molar-refractivity contribution in [1.29, 1.82) is 0 Å². The molecule has 1 heterocycles. The number of nitrogens with zero attached hydrogens (tertiary/aromatic N) is 1. The van der Waals surface area contributed by atoms with E-state index in [4.69, 9.17) is 0 Å². The number of likely N-dealkylation sites (tertiary alicyclic amines) is 1.